The monoisotopic (exact) mass is 421 g/mol. The number of imide groups is 1. The number of amides is 3. The number of nitriles is 1. The highest BCUT2D eigenvalue weighted by Gasteiger charge is 2.44. The van der Waals surface area contributed by atoms with Crippen LogP contribution in [0.1, 0.15) is 71.3 Å². The Morgan fingerprint density at radius 1 is 1.19 bits per heavy atom. The summed E-state index contributed by atoms with van der Waals surface area (Å²) in [5, 5.41) is 8.99. The first-order valence-corrected chi connectivity index (χ1v) is 11.0. The van der Waals surface area contributed by atoms with Gasteiger partial charge in [0, 0.05) is 13.0 Å². The Hall–Kier alpha value is -2.94. The molecule has 0 radical (unpaired) electrons. The molecule has 1 atom stereocenters. The zero-order valence-corrected chi connectivity index (χ0v) is 18.7. The van der Waals surface area contributed by atoms with Gasteiger partial charge in [0.1, 0.15) is 6.04 Å². The average molecular weight is 422 g/mol. The highest BCUT2D eigenvalue weighted by molar-refractivity contribution is 6.23. The number of nitrogens with zero attached hydrogens (tertiary/aromatic N) is 3. The molecule has 0 saturated carbocycles. The maximum Gasteiger partial charge on any atom is 0.257 e. The number of carbonyl (C=O) groups is 3. The van der Waals surface area contributed by atoms with Crippen LogP contribution >= 0.6 is 0 Å². The second-order valence-corrected chi connectivity index (χ2v) is 9.63. The molecule has 0 N–H and O–H groups in total. The average Bonchev–Trinajstić information content (AvgIpc) is 3.01. The maximum absolute atomic E-state index is 13.3. The van der Waals surface area contributed by atoms with E-state index in [9.17, 15) is 14.4 Å². The molecule has 3 rings (SSSR count). The van der Waals surface area contributed by atoms with E-state index < -0.39 is 6.04 Å². The number of allylic oxidation sites excluding steroid dienone is 1. The van der Waals surface area contributed by atoms with E-state index in [1.807, 2.05) is 26.8 Å². The predicted molar refractivity (Wildman–Crippen MR) is 119 cm³/mol. The first-order valence-electron chi connectivity index (χ1n) is 11.0. The summed E-state index contributed by atoms with van der Waals surface area (Å²) in [7, 11) is 0. The molecule has 1 aliphatic heterocycles. The van der Waals surface area contributed by atoms with Crippen LogP contribution in [0.5, 0.6) is 0 Å². The predicted octanol–water partition coefficient (Wildman–Crippen LogP) is 4.35. The summed E-state index contributed by atoms with van der Waals surface area (Å²) in [4.78, 5) is 42.0. The van der Waals surface area contributed by atoms with Crippen LogP contribution < -0.4 is 4.90 Å². The number of hydrogen-bond acceptors (Lipinski definition) is 4. The van der Waals surface area contributed by atoms with E-state index in [-0.39, 0.29) is 29.6 Å². The molecule has 31 heavy (non-hydrogen) atoms. The molecule has 164 valence electrons. The van der Waals surface area contributed by atoms with Crippen LogP contribution in [-0.4, -0.2) is 35.2 Å². The molecule has 0 spiro atoms. The third kappa shape index (κ3) is 5.61. The third-order valence-electron chi connectivity index (χ3n) is 5.81. The molecular weight excluding hydrogens is 390 g/mol. The Morgan fingerprint density at radius 3 is 2.48 bits per heavy atom. The number of benzene rings is 1. The van der Waals surface area contributed by atoms with Crippen molar-refractivity contribution in [2.75, 3.05) is 11.4 Å². The summed E-state index contributed by atoms with van der Waals surface area (Å²) >= 11 is 0. The minimum atomic E-state index is -0.776. The quantitative estimate of drug-likeness (QED) is 0.505. The van der Waals surface area contributed by atoms with Gasteiger partial charge in [-0.05, 0) is 61.8 Å². The van der Waals surface area contributed by atoms with Crippen molar-refractivity contribution in [2.24, 2.45) is 5.41 Å². The Kier molecular flexibility index (Phi) is 6.94. The van der Waals surface area contributed by atoms with E-state index in [0.717, 1.165) is 30.6 Å². The molecule has 6 heteroatoms. The first kappa shape index (κ1) is 22.7. The van der Waals surface area contributed by atoms with Gasteiger partial charge in [0.15, 0.2) is 0 Å². The summed E-state index contributed by atoms with van der Waals surface area (Å²) < 4.78 is 0. The second kappa shape index (κ2) is 9.47. The lowest BCUT2D eigenvalue weighted by Crippen LogP contribution is -2.47. The highest BCUT2D eigenvalue weighted by atomic mass is 16.2. The van der Waals surface area contributed by atoms with Crippen LogP contribution in [0, 0.1) is 16.7 Å². The van der Waals surface area contributed by atoms with Gasteiger partial charge in [-0.3, -0.25) is 14.4 Å². The lowest BCUT2D eigenvalue weighted by Gasteiger charge is -2.31. The molecule has 1 heterocycles. The van der Waals surface area contributed by atoms with Gasteiger partial charge in [-0.2, -0.15) is 5.26 Å². The molecule has 1 aromatic rings. The van der Waals surface area contributed by atoms with Crippen molar-refractivity contribution in [3.05, 3.63) is 41.5 Å². The van der Waals surface area contributed by atoms with Crippen LogP contribution in [-0.2, 0) is 14.4 Å². The summed E-state index contributed by atoms with van der Waals surface area (Å²) in [5.74, 6) is -0.767. The molecule has 1 saturated heterocycles. The fraction of sp³-hybridized carbons (Fsp3) is 0.520. The van der Waals surface area contributed by atoms with Gasteiger partial charge in [0.2, 0.25) is 11.8 Å². The van der Waals surface area contributed by atoms with E-state index in [1.165, 1.54) is 12.0 Å². The molecule has 2 aliphatic rings. The molecule has 1 aromatic carbocycles. The van der Waals surface area contributed by atoms with Gasteiger partial charge in [0.25, 0.3) is 5.91 Å². The van der Waals surface area contributed by atoms with E-state index in [2.05, 4.69) is 6.08 Å². The number of carbonyl (C=O) groups excluding carboxylic acids is 3. The van der Waals surface area contributed by atoms with Crippen molar-refractivity contribution in [3.63, 3.8) is 0 Å². The van der Waals surface area contributed by atoms with Crippen molar-refractivity contribution in [1.82, 2.24) is 4.90 Å². The zero-order chi connectivity index (χ0) is 22.6. The fourth-order valence-corrected chi connectivity index (χ4v) is 4.22. The van der Waals surface area contributed by atoms with Gasteiger partial charge >= 0.3 is 0 Å². The lowest BCUT2D eigenvalue weighted by atomic mass is 9.91. The van der Waals surface area contributed by atoms with Crippen LogP contribution in [0.3, 0.4) is 0 Å². The maximum atomic E-state index is 13.3. The Bertz CT molecular complexity index is 919. The Balaban J connectivity index is 1.82. The smallest absolute Gasteiger partial charge is 0.257 e. The van der Waals surface area contributed by atoms with Crippen molar-refractivity contribution >= 4 is 23.4 Å². The summed E-state index contributed by atoms with van der Waals surface area (Å²) in [5.41, 5.74) is 2.02. The molecule has 0 aromatic heterocycles. The molecule has 0 bridgehead atoms. The largest absolute Gasteiger partial charge is 0.330 e. The fourth-order valence-electron chi connectivity index (χ4n) is 4.22. The summed E-state index contributed by atoms with van der Waals surface area (Å²) in [6.07, 6.45) is 7.77. The van der Waals surface area contributed by atoms with Gasteiger partial charge in [-0.15, -0.1) is 0 Å². The third-order valence-corrected chi connectivity index (χ3v) is 5.81. The van der Waals surface area contributed by atoms with Crippen LogP contribution in [0.4, 0.5) is 5.69 Å². The van der Waals surface area contributed by atoms with Crippen molar-refractivity contribution < 1.29 is 14.4 Å². The van der Waals surface area contributed by atoms with Gasteiger partial charge in [0.05, 0.1) is 23.7 Å². The van der Waals surface area contributed by atoms with E-state index in [0.29, 0.717) is 24.2 Å². The van der Waals surface area contributed by atoms with E-state index in [1.54, 1.807) is 29.2 Å². The number of rotatable bonds is 6. The SMILES string of the molecule is CC(C)(C)CC(=O)N(CCC1=CCCCC1)C1CC(=O)N(c2ccc(C#N)cc2)C1=O. The normalized spacial score (nSPS) is 19.2. The molecule has 6 nitrogen and oxygen atoms in total. The van der Waals surface area contributed by atoms with Crippen molar-refractivity contribution in [3.8, 4) is 6.07 Å². The van der Waals surface area contributed by atoms with Crippen molar-refractivity contribution in [2.45, 2.75) is 71.8 Å². The van der Waals surface area contributed by atoms with Crippen molar-refractivity contribution in [1.29, 1.82) is 5.26 Å². The van der Waals surface area contributed by atoms with Crippen LogP contribution in [0.2, 0.25) is 0 Å². The zero-order valence-electron chi connectivity index (χ0n) is 18.7. The molecule has 1 unspecified atom stereocenters. The first-order chi connectivity index (χ1) is 14.7. The molecule has 1 aliphatic carbocycles. The summed E-state index contributed by atoms with van der Waals surface area (Å²) in [6, 6.07) is 7.63. The standard InChI is InChI=1S/C25H31N3O3/c1-25(2,3)16-23(30)27(14-13-18-7-5-4-6-8-18)21-15-22(29)28(24(21)31)20-11-9-19(17-26)10-12-20/h7,9-12,21H,4-6,8,13-16H2,1-3H3. The second-order valence-electron chi connectivity index (χ2n) is 9.63. The van der Waals surface area contributed by atoms with E-state index >= 15 is 0 Å². The molecule has 3 amide bonds. The molecule has 1 fully saturated rings. The number of hydrogen-bond donors (Lipinski definition) is 0. The summed E-state index contributed by atoms with van der Waals surface area (Å²) in [6.45, 7) is 6.44. The topological polar surface area (TPSA) is 81.5 Å². The molecular formula is C25H31N3O3. The Labute approximate surface area is 184 Å². The Morgan fingerprint density at radius 2 is 1.90 bits per heavy atom. The van der Waals surface area contributed by atoms with Gasteiger partial charge in [-0.25, -0.2) is 4.90 Å². The van der Waals surface area contributed by atoms with Gasteiger partial charge < -0.3 is 4.90 Å². The van der Waals surface area contributed by atoms with Crippen LogP contribution in [0.25, 0.3) is 0 Å². The minimum Gasteiger partial charge on any atom is -0.330 e. The van der Waals surface area contributed by atoms with Gasteiger partial charge in [-0.1, -0.05) is 32.4 Å². The number of anilines is 1. The minimum absolute atomic E-state index is 0.00619. The van der Waals surface area contributed by atoms with E-state index in [4.69, 9.17) is 5.26 Å². The van der Waals surface area contributed by atoms with Crippen LogP contribution in [0.15, 0.2) is 35.9 Å². The lowest BCUT2D eigenvalue weighted by molar-refractivity contribution is -0.139. The highest BCUT2D eigenvalue weighted by Crippen LogP contribution is 2.29.